The number of nitrogens with one attached hydrogen (secondary N) is 1. The monoisotopic (exact) mass is 233 g/mol. The van der Waals surface area contributed by atoms with Gasteiger partial charge >= 0.3 is 5.97 Å². The van der Waals surface area contributed by atoms with Gasteiger partial charge in [0.1, 0.15) is 0 Å². The fraction of sp³-hybridized carbons (Fsp3) is 0.500. The standard InChI is InChI=1S/C14H19NO2/c1-9(2)13-12(14(16)17-3)11-7-5-4-6-10(11)8-15-13/h4-7,9,12-13,15H,8H2,1-3H3/t12-,13-/m1/s1. The van der Waals surface area contributed by atoms with E-state index in [0.717, 1.165) is 12.1 Å². The van der Waals surface area contributed by atoms with E-state index >= 15 is 0 Å². The van der Waals surface area contributed by atoms with Crippen molar-refractivity contribution in [3.05, 3.63) is 35.4 Å². The van der Waals surface area contributed by atoms with Gasteiger partial charge in [-0.25, -0.2) is 0 Å². The molecule has 3 heteroatoms. The van der Waals surface area contributed by atoms with Crippen molar-refractivity contribution in [1.82, 2.24) is 5.32 Å². The second-order valence-corrected chi connectivity index (χ2v) is 4.85. The zero-order chi connectivity index (χ0) is 12.4. The van der Waals surface area contributed by atoms with E-state index < -0.39 is 0 Å². The van der Waals surface area contributed by atoms with Gasteiger partial charge in [-0.2, -0.15) is 0 Å². The molecule has 0 saturated heterocycles. The number of fused-ring (bicyclic) bond motifs is 1. The van der Waals surface area contributed by atoms with Gasteiger partial charge in [0, 0.05) is 12.6 Å². The van der Waals surface area contributed by atoms with Crippen molar-refractivity contribution >= 4 is 5.97 Å². The van der Waals surface area contributed by atoms with Crippen molar-refractivity contribution < 1.29 is 9.53 Å². The molecule has 0 amide bonds. The molecule has 1 aliphatic heterocycles. The lowest BCUT2D eigenvalue weighted by Gasteiger charge is -2.35. The summed E-state index contributed by atoms with van der Waals surface area (Å²) in [6.45, 7) is 5.08. The lowest BCUT2D eigenvalue weighted by atomic mass is 9.80. The van der Waals surface area contributed by atoms with Crippen molar-refractivity contribution in [2.45, 2.75) is 32.4 Å². The van der Waals surface area contributed by atoms with E-state index in [0.29, 0.717) is 5.92 Å². The summed E-state index contributed by atoms with van der Waals surface area (Å²) in [5, 5.41) is 3.44. The van der Waals surface area contributed by atoms with Crippen molar-refractivity contribution in [3.8, 4) is 0 Å². The Morgan fingerprint density at radius 1 is 1.41 bits per heavy atom. The van der Waals surface area contributed by atoms with Crippen LogP contribution in [-0.4, -0.2) is 19.1 Å². The van der Waals surface area contributed by atoms with Gasteiger partial charge in [-0.15, -0.1) is 0 Å². The summed E-state index contributed by atoms with van der Waals surface area (Å²) < 4.78 is 4.95. The van der Waals surface area contributed by atoms with Gasteiger partial charge in [0.05, 0.1) is 13.0 Å². The van der Waals surface area contributed by atoms with Crippen LogP contribution >= 0.6 is 0 Å². The summed E-state index contributed by atoms with van der Waals surface area (Å²) in [7, 11) is 1.46. The van der Waals surface area contributed by atoms with E-state index in [-0.39, 0.29) is 17.9 Å². The van der Waals surface area contributed by atoms with Gasteiger partial charge < -0.3 is 10.1 Å². The molecule has 0 aliphatic carbocycles. The lowest BCUT2D eigenvalue weighted by Crippen LogP contribution is -2.46. The second kappa shape index (κ2) is 4.88. The van der Waals surface area contributed by atoms with E-state index in [1.807, 2.05) is 18.2 Å². The molecule has 17 heavy (non-hydrogen) atoms. The molecule has 92 valence electrons. The topological polar surface area (TPSA) is 38.3 Å². The molecule has 1 aromatic rings. The minimum absolute atomic E-state index is 0.150. The first kappa shape index (κ1) is 12.1. The minimum atomic E-state index is -0.190. The smallest absolute Gasteiger partial charge is 0.314 e. The number of methoxy groups -OCH3 is 1. The Bertz CT molecular complexity index is 414. The number of benzene rings is 1. The number of esters is 1. The van der Waals surface area contributed by atoms with E-state index in [4.69, 9.17) is 4.74 Å². The number of carbonyl (C=O) groups excluding carboxylic acids is 1. The molecule has 0 bridgehead atoms. The van der Waals surface area contributed by atoms with Gasteiger partial charge in [-0.05, 0) is 17.0 Å². The van der Waals surface area contributed by atoms with Crippen molar-refractivity contribution in [1.29, 1.82) is 0 Å². The summed E-state index contributed by atoms with van der Waals surface area (Å²) in [5.41, 5.74) is 2.30. The average Bonchev–Trinajstić information content (AvgIpc) is 2.36. The molecule has 1 N–H and O–H groups in total. The third-order valence-electron chi connectivity index (χ3n) is 3.45. The Morgan fingerprint density at radius 2 is 2.12 bits per heavy atom. The average molecular weight is 233 g/mol. The van der Waals surface area contributed by atoms with Crippen LogP contribution in [0.5, 0.6) is 0 Å². The van der Waals surface area contributed by atoms with E-state index in [1.165, 1.54) is 12.7 Å². The van der Waals surface area contributed by atoms with Crippen LogP contribution in [0.25, 0.3) is 0 Å². The van der Waals surface area contributed by atoms with E-state index in [9.17, 15) is 4.79 Å². The van der Waals surface area contributed by atoms with Crippen LogP contribution in [0.1, 0.15) is 30.9 Å². The van der Waals surface area contributed by atoms with E-state index in [1.54, 1.807) is 0 Å². The first-order chi connectivity index (χ1) is 8.15. The Kier molecular flexibility index (Phi) is 3.48. The molecule has 1 heterocycles. The molecule has 3 nitrogen and oxygen atoms in total. The van der Waals surface area contributed by atoms with Gasteiger partial charge in [0.15, 0.2) is 0 Å². The maximum atomic E-state index is 12.0. The molecule has 2 atom stereocenters. The van der Waals surface area contributed by atoms with Crippen LogP contribution in [0.4, 0.5) is 0 Å². The Labute approximate surface area is 102 Å². The van der Waals surface area contributed by atoms with Crippen LogP contribution in [-0.2, 0) is 16.1 Å². The highest BCUT2D eigenvalue weighted by atomic mass is 16.5. The highest BCUT2D eigenvalue weighted by molar-refractivity contribution is 5.80. The predicted octanol–water partition coefficient (Wildman–Crippen LogP) is 2.07. The molecule has 0 saturated carbocycles. The minimum Gasteiger partial charge on any atom is -0.469 e. The second-order valence-electron chi connectivity index (χ2n) is 4.85. The fourth-order valence-corrected chi connectivity index (χ4v) is 2.56. The molecule has 2 rings (SSSR count). The van der Waals surface area contributed by atoms with Gasteiger partial charge in [0.2, 0.25) is 0 Å². The highest BCUT2D eigenvalue weighted by Crippen LogP contribution is 2.32. The molecular weight excluding hydrogens is 214 g/mol. The number of hydrogen-bond donors (Lipinski definition) is 1. The van der Waals surface area contributed by atoms with E-state index in [2.05, 4.69) is 25.2 Å². The SMILES string of the molecule is COC(=O)[C@@H]1c2ccccc2CN[C@@H]1C(C)C. The zero-order valence-electron chi connectivity index (χ0n) is 10.6. The highest BCUT2D eigenvalue weighted by Gasteiger charge is 2.36. The Balaban J connectivity index is 2.42. The molecule has 0 spiro atoms. The number of rotatable bonds is 2. The molecular formula is C14H19NO2. The van der Waals surface area contributed by atoms with Gasteiger partial charge in [0.25, 0.3) is 0 Å². The summed E-state index contributed by atoms with van der Waals surface area (Å²) in [6, 6.07) is 8.24. The molecule has 0 radical (unpaired) electrons. The maximum Gasteiger partial charge on any atom is 0.314 e. The predicted molar refractivity (Wildman–Crippen MR) is 66.7 cm³/mol. The number of hydrogen-bond acceptors (Lipinski definition) is 3. The molecule has 0 fully saturated rings. The van der Waals surface area contributed by atoms with Crippen molar-refractivity contribution in [2.24, 2.45) is 5.92 Å². The summed E-state index contributed by atoms with van der Waals surface area (Å²) >= 11 is 0. The van der Waals surface area contributed by atoms with Crippen LogP contribution in [0.3, 0.4) is 0 Å². The summed E-state index contributed by atoms with van der Waals surface area (Å²) in [4.78, 5) is 12.0. The van der Waals surface area contributed by atoms with Crippen LogP contribution < -0.4 is 5.32 Å². The Morgan fingerprint density at radius 3 is 2.76 bits per heavy atom. The van der Waals surface area contributed by atoms with Gasteiger partial charge in [-0.3, -0.25) is 4.79 Å². The van der Waals surface area contributed by atoms with Crippen molar-refractivity contribution in [3.63, 3.8) is 0 Å². The van der Waals surface area contributed by atoms with Crippen LogP contribution in [0, 0.1) is 5.92 Å². The quantitative estimate of drug-likeness (QED) is 0.795. The van der Waals surface area contributed by atoms with Crippen molar-refractivity contribution in [2.75, 3.05) is 7.11 Å². The summed E-state index contributed by atoms with van der Waals surface area (Å²) in [6.07, 6.45) is 0. The largest absolute Gasteiger partial charge is 0.469 e. The zero-order valence-corrected chi connectivity index (χ0v) is 10.6. The Hall–Kier alpha value is -1.35. The third kappa shape index (κ3) is 2.20. The molecule has 0 aromatic heterocycles. The third-order valence-corrected chi connectivity index (χ3v) is 3.45. The lowest BCUT2D eigenvalue weighted by molar-refractivity contribution is -0.143. The van der Waals surface area contributed by atoms with Crippen LogP contribution in [0.2, 0.25) is 0 Å². The normalized spacial score (nSPS) is 23.3. The molecule has 1 aromatic carbocycles. The summed E-state index contributed by atoms with van der Waals surface area (Å²) in [5.74, 6) is 0.0563. The molecule has 1 aliphatic rings. The van der Waals surface area contributed by atoms with Crippen LogP contribution in [0.15, 0.2) is 24.3 Å². The first-order valence-corrected chi connectivity index (χ1v) is 6.04. The number of ether oxygens (including phenoxy) is 1. The van der Waals surface area contributed by atoms with Gasteiger partial charge in [-0.1, -0.05) is 38.1 Å². The number of carbonyl (C=O) groups is 1. The fourth-order valence-electron chi connectivity index (χ4n) is 2.56. The maximum absolute atomic E-state index is 12.0. The first-order valence-electron chi connectivity index (χ1n) is 6.04. The molecule has 0 unspecified atom stereocenters.